The van der Waals surface area contributed by atoms with Gasteiger partial charge >= 0.3 is 0 Å². The highest BCUT2D eigenvalue weighted by molar-refractivity contribution is 7.98. The fourth-order valence-electron chi connectivity index (χ4n) is 2.79. The summed E-state index contributed by atoms with van der Waals surface area (Å²) in [6.07, 6.45) is 5.65. The van der Waals surface area contributed by atoms with Gasteiger partial charge in [0.2, 0.25) is 0 Å². The predicted molar refractivity (Wildman–Crippen MR) is 101 cm³/mol. The molecule has 0 aliphatic carbocycles. The molecule has 0 amide bonds. The lowest BCUT2D eigenvalue weighted by Gasteiger charge is -2.13. The Morgan fingerprint density at radius 1 is 1.32 bits per heavy atom. The third-order valence-electron chi connectivity index (χ3n) is 4.00. The molecule has 1 aliphatic rings. The lowest BCUT2D eigenvalue weighted by Crippen LogP contribution is -2.07. The van der Waals surface area contributed by atoms with E-state index in [2.05, 4.69) is 20.3 Å². The number of halogens is 2. The van der Waals surface area contributed by atoms with Gasteiger partial charge in [-0.25, -0.2) is 15.0 Å². The van der Waals surface area contributed by atoms with E-state index in [0.717, 1.165) is 25.1 Å². The molecule has 1 saturated heterocycles. The van der Waals surface area contributed by atoms with Gasteiger partial charge in [0, 0.05) is 6.61 Å². The molecule has 130 valence electrons. The summed E-state index contributed by atoms with van der Waals surface area (Å²) in [6, 6.07) is 5.41. The number of benzene rings is 1. The van der Waals surface area contributed by atoms with Gasteiger partial charge in [0.25, 0.3) is 0 Å². The first-order valence-electron chi connectivity index (χ1n) is 7.78. The zero-order valence-electron chi connectivity index (χ0n) is 13.4. The van der Waals surface area contributed by atoms with E-state index in [9.17, 15) is 0 Å². The second kappa shape index (κ2) is 6.99. The quantitative estimate of drug-likeness (QED) is 0.500. The number of thioether (sulfide) groups is 1. The zero-order chi connectivity index (χ0) is 17.4. The van der Waals surface area contributed by atoms with Crippen molar-refractivity contribution in [1.29, 1.82) is 0 Å². The van der Waals surface area contributed by atoms with Crippen LogP contribution in [-0.2, 0) is 4.74 Å². The summed E-state index contributed by atoms with van der Waals surface area (Å²) in [4.78, 5) is 13.7. The van der Waals surface area contributed by atoms with E-state index in [1.807, 2.05) is 23.0 Å². The third kappa shape index (κ3) is 3.17. The molecule has 3 heterocycles. The molecule has 9 heteroatoms. The molecular weight excluding hydrogens is 381 g/mol. The minimum atomic E-state index is -0.0304. The molecule has 0 radical (unpaired) electrons. The molecule has 1 aliphatic heterocycles. The van der Waals surface area contributed by atoms with E-state index < -0.39 is 0 Å². The van der Waals surface area contributed by atoms with Crippen LogP contribution in [0.5, 0.6) is 0 Å². The maximum atomic E-state index is 6.29. The first-order chi connectivity index (χ1) is 12.2. The molecule has 4 rings (SSSR count). The average Bonchev–Trinajstić information content (AvgIpc) is 3.27. The molecule has 1 atom stereocenters. The van der Waals surface area contributed by atoms with Gasteiger partial charge < -0.3 is 10.1 Å². The van der Waals surface area contributed by atoms with E-state index in [-0.39, 0.29) is 6.23 Å². The molecule has 2 aromatic heterocycles. The van der Waals surface area contributed by atoms with Crippen LogP contribution >= 0.6 is 35.0 Å². The minimum absolute atomic E-state index is 0.0304. The van der Waals surface area contributed by atoms with Crippen LogP contribution < -0.4 is 5.32 Å². The fraction of sp³-hybridized carbons (Fsp3) is 0.312. The molecule has 1 aromatic carbocycles. The molecule has 25 heavy (non-hydrogen) atoms. The van der Waals surface area contributed by atoms with Crippen molar-refractivity contribution in [3.8, 4) is 0 Å². The van der Waals surface area contributed by atoms with Gasteiger partial charge in [-0.2, -0.15) is 0 Å². The molecule has 1 fully saturated rings. The van der Waals surface area contributed by atoms with Gasteiger partial charge in [0.1, 0.15) is 6.23 Å². The second-order valence-corrected chi connectivity index (χ2v) is 7.14. The van der Waals surface area contributed by atoms with Crippen molar-refractivity contribution in [3.05, 3.63) is 34.6 Å². The number of nitrogens with one attached hydrogen (secondary N) is 1. The third-order valence-corrected chi connectivity index (χ3v) is 5.37. The van der Waals surface area contributed by atoms with Crippen molar-refractivity contribution in [2.24, 2.45) is 0 Å². The Labute approximate surface area is 158 Å². The minimum Gasteiger partial charge on any atom is -0.358 e. The van der Waals surface area contributed by atoms with Crippen LogP contribution in [0.4, 0.5) is 11.5 Å². The molecule has 3 aromatic rings. The molecule has 1 unspecified atom stereocenters. The predicted octanol–water partition coefficient (Wildman–Crippen LogP) is 4.91. The summed E-state index contributed by atoms with van der Waals surface area (Å²) in [5.41, 5.74) is 2.09. The molecule has 6 nitrogen and oxygen atoms in total. The number of nitrogens with zero attached hydrogens (tertiary/aromatic N) is 4. The molecule has 1 N–H and O–H groups in total. The smallest absolute Gasteiger partial charge is 0.191 e. The van der Waals surface area contributed by atoms with Crippen molar-refractivity contribution in [2.75, 3.05) is 18.2 Å². The Bertz CT molecular complexity index is 926. The van der Waals surface area contributed by atoms with Gasteiger partial charge in [-0.1, -0.05) is 41.0 Å². The van der Waals surface area contributed by atoms with E-state index >= 15 is 0 Å². The number of anilines is 2. The largest absolute Gasteiger partial charge is 0.358 e. The summed E-state index contributed by atoms with van der Waals surface area (Å²) >= 11 is 13.9. The first-order valence-corrected chi connectivity index (χ1v) is 9.76. The zero-order valence-corrected chi connectivity index (χ0v) is 15.7. The van der Waals surface area contributed by atoms with Crippen LogP contribution in [0, 0.1) is 0 Å². The van der Waals surface area contributed by atoms with Crippen molar-refractivity contribution in [3.63, 3.8) is 0 Å². The van der Waals surface area contributed by atoms with Gasteiger partial charge in [0.15, 0.2) is 22.1 Å². The number of rotatable bonds is 4. The number of hydrogen-bond donors (Lipinski definition) is 1. The first kappa shape index (κ1) is 16.9. The standard InChI is InChI=1S/C16H15Cl2N5OS/c1-25-16-21-14(20-10-5-2-4-9(17)12(10)18)13-15(22-16)23(8-19-13)11-6-3-7-24-11/h2,4-5,8,11H,3,6-7H2,1H3,(H,20,21,22). The van der Waals surface area contributed by atoms with Gasteiger partial charge in [-0.05, 0) is 31.2 Å². The highest BCUT2D eigenvalue weighted by Gasteiger charge is 2.22. The van der Waals surface area contributed by atoms with Crippen LogP contribution in [0.25, 0.3) is 11.2 Å². The maximum Gasteiger partial charge on any atom is 0.191 e. The Morgan fingerprint density at radius 2 is 2.20 bits per heavy atom. The summed E-state index contributed by atoms with van der Waals surface area (Å²) in [6.45, 7) is 0.758. The van der Waals surface area contributed by atoms with Crippen LogP contribution in [0.3, 0.4) is 0 Å². The topological polar surface area (TPSA) is 64.9 Å². The number of hydrogen-bond acceptors (Lipinski definition) is 6. The number of ether oxygens (including phenoxy) is 1. The van der Waals surface area contributed by atoms with Gasteiger partial charge in [-0.15, -0.1) is 0 Å². The van der Waals surface area contributed by atoms with E-state index in [4.69, 9.17) is 27.9 Å². The van der Waals surface area contributed by atoms with Crippen molar-refractivity contribution < 1.29 is 4.74 Å². The summed E-state index contributed by atoms with van der Waals surface area (Å²) in [7, 11) is 0. The normalized spacial score (nSPS) is 17.3. The monoisotopic (exact) mass is 395 g/mol. The van der Waals surface area contributed by atoms with Crippen LogP contribution in [-0.4, -0.2) is 32.4 Å². The van der Waals surface area contributed by atoms with Crippen molar-refractivity contribution >= 4 is 57.6 Å². The van der Waals surface area contributed by atoms with Crippen molar-refractivity contribution in [2.45, 2.75) is 24.2 Å². The molecular formula is C16H15Cl2N5OS. The molecule has 0 saturated carbocycles. The number of imidazole rings is 1. The highest BCUT2D eigenvalue weighted by atomic mass is 35.5. The van der Waals surface area contributed by atoms with Gasteiger partial charge in [0.05, 0.1) is 22.1 Å². The second-order valence-electron chi connectivity index (χ2n) is 5.58. The molecule has 0 spiro atoms. The van der Waals surface area contributed by atoms with Crippen LogP contribution in [0.1, 0.15) is 19.1 Å². The summed E-state index contributed by atoms with van der Waals surface area (Å²) in [5, 5.41) is 4.81. The average molecular weight is 396 g/mol. The number of aromatic nitrogens is 4. The summed E-state index contributed by atoms with van der Waals surface area (Å²) in [5.74, 6) is 0.593. The fourth-order valence-corrected chi connectivity index (χ4v) is 3.50. The van der Waals surface area contributed by atoms with Crippen LogP contribution in [0.2, 0.25) is 10.0 Å². The lowest BCUT2D eigenvalue weighted by molar-refractivity contribution is 0.0592. The van der Waals surface area contributed by atoms with E-state index in [1.54, 1.807) is 12.4 Å². The Hall–Kier alpha value is -1.54. The summed E-state index contributed by atoms with van der Waals surface area (Å²) < 4.78 is 7.74. The maximum absolute atomic E-state index is 6.29. The SMILES string of the molecule is CSc1nc(Nc2cccc(Cl)c2Cl)c2ncn(C3CCCO3)c2n1. The highest BCUT2D eigenvalue weighted by Crippen LogP contribution is 2.34. The van der Waals surface area contributed by atoms with E-state index in [1.165, 1.54) is 11.8 Å². The lowest BCUT2D eigenvalue weighted by atomic mass is 10.3. The van der Waals surface area contributed by atoms with Crippen LogP contribution in [0.15, 0.2) is 29.7 Å². The van der Waals surface area contributed by atoms with Gasteiger partial charge in [-0.3, -0.25) is 4.57 Å². The van der Waals surface area contributed by atoms with Crippen molar-refractivity contribution in [1.82, 2.24) is 19.5 Å². The molecule has 0 bridgehead atoms. The Morgan fingerprint density at radius 3 is 2.96 bits per heavy atom. The number of fused-ring (bicyclic) bond motifs is 1. The van der Waals surface area contributed by atoms with E-state index in [0.29, 0.717) is 32.2 Å². The Kier molecular flexibility index (Phi) is 4.73. The Balaban J connectivity index is 1.81.